The number of aromatic nitrogens is 1. The quantitative estimate of drug-likeness (QED) is 0.887. The second-order valence-electron chi connectivity index (χ2n) is 8.00. The number of rotatable bonds is 2. The van der Waals surface area contributed by atoms with Gasteiger partial charge in [0, 0.05) is 41.1 Å². The van der Waals surface area contributed by atoms with E-state index in [0.29, 0.717) is 6.04 Å². The van der Waals surface area contributed by atoms with Crippen LogP contribution < -0.4 is 0 Å². The molecular weight excluding hydrogens is 300 g/mol. The van der Waals surface area contributed by atoms with Gasteiger partial charge in [0.1, 0.15) is 0 Å². The fourth-order valence-electron chi connectivity index (χ4n) is 6.21. The van der Waals surface area contributed by atoms with Crippen LogP contribution in [0, 0.1) is 11.8 Å². The van der Waals surface area contributed by atoms with E-state index in [2.05, 4.69) is 41.1 Å². The average Bonchev–Trinajstić information content (AvgIpc) is 2.94. The smallest absolute Gasteiger partial charge is 0.0557 e. The minimum absolute atomic E-state index is 0. The third kappa shape index (κ3) is 1.91. The van der Waals surface area contributed by atoms with E-state index in [-0.39, 0.29) is 17.5 Å². The van der Waals surface area contributed by atoms with Gasteiger partial charge in [-0.25, -0.2) is 0 Å². The van der Waals surface area contributed by atoms with Crippen LogP contribution in [0.4, 0.5) is 0 Å². The molecule has 6 rings (SSSR count). The first-order valence-electron chi connectivity index (χ1n) is 9.22. The zero-order valence-corrected chi connectivity index (χ0v) is 14.4. The van der Waals surface area contributed by atoms with Crippen LogP contribution in [0.2, 0.25) is 0 Å². The molecular formula is C20H28N2O2. The Morgan fingerprint density at radius 1 is 1.33 bits per heavy atom. The summed E-state index contributed by atoms with van der Waals surface area (Å²) in [6.07, 6.45) is 4.85. The molecule has 4 aliphatic rings. The van der Waals surface area contributed by atoms with Gasteiger partial charge in [-0.15, -0.1) is 0 Å². The molecule has 0 amide bonds. The lowest BCUT2D eigenvalue weighted by atomic mass is 9.57. The number of nitrogens with zero attached hydrogens (tertiary/aromatic N) is 1. The highest BCUT2D eigenvalue weighted by Crippen LogP contribution is 2.54. The summed E-state index contributed by atoms with van der Waals surface area (Å²) in [6.45, 7) is 5.00. The van der Waals surface area contributed by atoms with Gasteiger partial charge in [-0.1, -0.05) is 31.5 Å². The number of hydrogen-bond acceptors (Lipinski definition) is 2. The molecule has 2 saturated heterocycles. The Bertz CT molecular complexity index is 755. The van der Waals surface area contributed by atoms with Crippen molar-refractivity contribution >= 4 is 10.9 Å². The van der Waals surface area contributed by atoms with Crippen molar-refractivity contribution in [2.24, 2.45) is 11.8 Å². The Hall–Kier alpha value is -1.36. The third-order valence-corrected chi connectivity index (χ3v) is 6.95. The fraction of sp³-hybridized carbons (Fsp3) is 0.600. The summed E-state index contributed by atoms with van der Waals surface area (Å²) in [5.41, 5.74) is 4.00. The standard InChI is InChI=1S/C20H26N2O.H2O/c1-2-14-9-13-10-20(12-23)18-16(7-8-22(11-13)19(14)20)15-5-3-4-6-17(15)21-18;/h3-6,13-14,19,21,23H,2,7-12H2,1H3;1H2/t13-,14-,19+,20-;/m0./s1. The first-order chi connectivity index (χ1) is 11.3. The average molecular weight is 328 g/mol. The molecule has 0 spiro atoms. The van der Waals surface area contributed by atoms with E-state index in [1.807, 2.05) is 0 Å². The molecule has 130 valence electrons. The molecule has 4 N–H and O–H groups in total. The lowest BCUT2D eigenvalue weighted by Gasteiger charge is -2.59. The summed E-state index contributed by atoms with van der Waals surface area (Å²) < 4.78 is 0. The number of aliphatic hydroxyl groups is 1. The monoisotopic (exact) mass is 328 g/mol. The highest BCUT2D eigenvalue weighted by molar-refractivity contribution is 5.85. The number of benzene rings is 1. The molecule has 1 aromatic carbocycles. The first-order valence-corrected chi connectivity index (χ1v) is 9.22. The van der Waals surface area contributed by atoms with Crippen LogP contribution in [-0.4, -0.2) is 46.2 Å². The van der Waals surface area contributed by atoms with E-state index in [9.17, 15) is 5.11 Å². The Morgan fingerprint density at radius 2 is 2.17 bits per heavy atom. The second-order valence-corrected chi connectivity index (χ2v) is 8.00. The number of para-hydroxylation sites is 1. The molecule has 1 aliphatic carbocycles. The lowest BCUT2D eigenvalue weighted by Crippen LogP contribution is -2.65. The zero-order chi connectivity index (χ0) is 15.6. The maximum absolute atomic E-state index is 10.6. The van der Waals surface area contributed by atoms with Crippen LogP contribution in [0.1, 0.15) is 37.4 Å². The van der Waals surface area contributed by atoms with Crippen molar-refractivity contribution in [3.63, 3.8) is 0 Å². The van der Waals surface area contributed by atoms with Crippen LogP contribution in [0.3, 0.4) is 0 Å². The van der Waals surface area contributed by atoms with Crippen molar-refractivity contribution in [1.29, 1.82) is 0 Å². The normalized spacial score (nSPS) is 36.9. The number of aromatic amines is 1. The maximum atomic E-state index is 10.6. The maximum Gasteiger partial charge on any atom is 0.0557 e. The molecule has 1 unspecified atom stereocenters. The minimum atomic E-state index is -0.0767. The van der Waals surface area contributed by atoms with Gasteiger partial charge in [-0.2, -0.15) is 0 Å². The fourth-order valence-corrected chi connectivity index (χ4v) is 6.21. The SMILES string of the molecule is CC[C@H]1C[C@@H]2CN3CCc4c([nH]c5ccccc45)[C@@](CO)(C2)[C@@H]13.O. The van der Waals surface area contributed by atoms with Crippen molar-refractivity contribution in [3.8, 4) is 0 Å². The molecule has 2 aromatic rings. The van der Waals surface area contributed by atoms with Gasteiger partial charge < -0.3 is 15.6 Å². The van der Waals surface area contributed by atoms with Gasteiger partial charge in [0.05, 0.1) is 6.61 Å². The van der Waals surface area contributed by atoms with E-state index in [4.69, 9.17) is 0 Å². The van der Waals surface area contributed by atoms with Crippen LogP contribution in [0.5, 0.6) is 0 Å². The largest absolute Gasteiger partial charge is 0.412 e. The van der Waals surface area contributed by atoms with Crippen molar-refractivity contribution in [3.05, 3.63) is 35.5 Å². The van der Waals surface area contributed by atoms with E-state index in [1.165, 1.54) is 41.5 Å². The van der Waals surface area contributed by atoms with Gasteiger partial charge in [0.2, 0.25) is 0 Å². The lowest BCUT2D eigenvalue weighted by molar-refractivity contribution is -0.0775. The molecule has 4 bridgehead atoms. The van der Waals surface area contributed by atoms with E-state index >= 15 is 0 Å². The molecule has 24 heavy (non-hydrogen) atoms. The van der Waals surface area contributed by atoms with Gasteiger partial charge in [-0.3, -0.25) is 4.90 Å². The van der Waals surface area contributed by atoms with Crippen LogP contribution in [0.15, 0.2) is 24.3 Å². The molecule has 1 saturated carbocycles. The molecule has 1 aromatic heterocycles. The van der Waals surface area contributed by atoms with Crippen LogP contribution in [0.25, 0.3) is 10.9 Å². The molecule has 4 heteroatoms. The van der Waals surface area contributed by atoms with Gasteiger partial charge in [0.15, 0.2) is 0 Å². The topological polar surface area (TPSA) is 70.8 Å². The van der Waals surface area contributed by atoms with E-state index in [0.717, 1.165) is 31.2 Å². The Labute approximate surface area is 143 Å². The highest BCUT2D eigenvalue weighted by atomic mass is 16.3. The van der Waals surface area contributed by atoms with E-state index in [1.54, 1.807) is 0 Å². The molecule has 4 heterocycles. The number of aliphatic hydroxyl groups excluding tert-OH is 1. The third-order valence-electron chi connectivity index (χ3n) is 6.95. The number of fused-ring (bicyclic) bond motifs is 4. The van der Waals surface area contributed by atoms with Gasteiger partial charge in [0.25, 0.3) is 0 Å². The summed E-state index contributed by atoms with van der Waals surface area (Å²) in [5, 5.41) is 11.9. The highest BCUT2D eigenvalue weighted by Gasteiger charge is 2.57. The minimum Gasteiger partial charge on any atom is -0.412 e. The van der Waals surface area contributed by atoms with Crippen LogP contribution in [-0.2, 0) is 11.8 Å². The second kappa shape index (κ2) is 5.58. The summed E-state index contributed by atoms with van der Waals surface area (Å²) in [7, 11) is 0. The van der Waals surface area contributed by atoms with E-state index < -0.39 is 0 Å². The molecule has 3 fully saturated rings. The molecule has 5 atom stereocenters. The summed E-state index contributed by atoms with van der Waals surface area (Å²) >= 11 is 0. The van der Waals surface area contributed by atoms with Gasteiger partial charge >= 0.3 is 0 Å². The summed E-state index contributed by atoms with van der Waals surface area (Å²) in [6, 6.07) is 9.19. The van der Waals surface area contributed by atoms with Gasteiger partial charge in [-0.05, 0) is 42.7 Å². The Morgan fingerprint density at radius 3 is 2.96 bits per heavy atom. The van der Waals surface area contributed by atoms with Crippen LogP contribution >= 0.6 is 0 Å². The molecule has 0 radical (unpaired) electrons. The first kappa shape index (κ1) is 16.1. The number of piperidine rings is 2. The predicted octanol–water partition coefficient (Wildman–Crippen LogP) is 2.25. The summed E-state index contributed by atoms with van der Waals surface area (Å²) in [4.78, 5) is 6.46. The van der Waals surface area contributed by atoms with Crippen molar-refractivity contribution in [2.75, 3.05) is 19.7 Å². The summed E-state index contributed by atoms with van der Waals surface area (Å²) in [5.74, 6) is 1.47. The number of nitrogens with one attached hydrogen (secondary N) is 1. The van der Waals surface area contributed by atoms with Crippen molar-refractivity contribution in [1.82, 2.24) is 9.88 Å². The Kier molecular flexibility index (Phi) is 3.75. The number of H-pyrrole nitrogens is 1. The Balaban J connectivity index is 0.00000146. The molecule has 3 aliphatic heterocycles. The predicted molar refractivity (Wildman–Crippen MR) is 96.2 cm³/mol. The zero-order valence-electron chi connectivity index (χ0n) is 14.4. The number of hydrogen-bond donors (Lipinski definition) is 2. The van der Waals surface area contributed by atoms with Crippen molar-refractivity contribution < 1.29 is 10.6 Å². The molecule has 4 nitrogen and oxygen atoms in total. The van der Waals surface area contributed by atoms with Crippen molar-refractivity contribution in [2.45, 2.75) is 44.1 Å².